The van der Waals surface area contributed by atoms with Crippen LogP contribution >= 0.6 is 0 Å². The van der Waals surface area contributed by atoms with E-state index < -0.39 is 14.9 Å². The maximum atomic E-state index is 12.5. The predicted molar refractivity (Wildman–Crippen MR) is 88.1 cm³/mol. The minimum atomic E-state index is -3.68. The number of nitro groups is 1. The molecular formula is C14H20N4O4S. The van der Waals surface area contributed by atoms with E-state index >= 15 is 0 Å². The second-order valence-corrected chi connectivity index (χ2v) is 7.30. The average molecular weight is 340 g/mol. The van der Waals surface area contributed by atoms with Crippen LogP contribution in [-0.4, -0.2) is 36.4 Å². The number of nitrogens with one attached hydrogen (secondary N) is 1. The summed E-state index contributed by atoms with van der Waals surface area (Å²) < 4.78 is 26.3. The van der Waals surface area contributed by atoms with E-state index in [0.29, 0.717) is 19.5 Å². The fourth-order valence-electron chi connectivity index (χ4n) is 2.23. The number of rotatable bonds is 6. The van der Waals surface area contributed by atoms with Gasteiger partial charge in [0, 0.05) is 24.9 Å². The van der Waals surface area contributed by atoms with Crippen molar-refractivity contribution < 1.29 is 13.3 Å². The summed E-state index contributed by atoms with van der Waals surface area (Å²) in [5.41, 5.74) is 3.28. The fraction of sp³-hybridized carbons (Fsp3) is 0.500. The van der Waals surface area contributed by atoms with E-state index in [1.165, 1.54) is 16.4 Å². The number of hydrazone groups is 1. The smallest absolute Gasteiger partial charge is 0.272 e. The number of anilines is 1. The third kappa shape index (κ3) is 3.85. The van der Waals surface area contributed by atoms with Gasteiger partial charge in [0.25, 0.3) is 5.69 Å². The van der Waals surface area contributed by atoms with Crippen LogP contribution in [0, 0.1) is 10.1 Å². The maximum Gasteiger partial charge on any atom is 0.295 e. The molecule has 2 rings (SSSR count). The molecule has 0 saturated carbocycles. The molecule has 1 aliphatic heterocycles. The van der Waals surface area contributed by atoms with E-state index in [4.69, 9.17) is 0 Å². The molecule has 0 spiro atoms. The zero-order valence-corrected chi connectivity index (χ0v) is 14.0. The monoisotopic (exact) mass is 340 g/mol. The Kier molecular flexibility index (Phi) is 5.32. The lowest BCUT2D eigenvalue weighted by Gasteiger charge is -2.15. The van der Waals surface area contributed by atoms with E-state index in [-0.39, 0.29) is 16.3 Å². The highest BCUT2D eigenvalue weighted by Gasteiger charge is 2.29. The Morgan fingerprint density at radius 2 is 2.04 bits per heavy atom. The van der Waals surface area contributed by atoms with E-state index in [1.807, 2.05) is 6.92 Å². The van der Waals surface area contributed by atoms with Crippen molar-refractivity contribution in [2.75, 3.05) is 18.5 Å². The van der Waals surface area contributed by atoms with Gasteiger partial charge in [-0.3, -0.25) is 15.5 Å². The molecule has 0 atom stereocenters. The molecule has 0 aliphatic carbocycles. The van der Waals surface area contributed by atoms with Crippen LogP contribution in [0.3, 0.4) is 0 Å². The first-order valence-electron chi connectivity index (χ1n) is 7.44. The predicted octanol–water partition coefficient (Wildman–Crippen LogP) is 2.58. The second kappa shape index (κ2) is 7.05. The average Bonchev–Trinajstić information content (AvgIpc) is 3.07. The summed E-state index contributed by atoms with van der Waals surface area (Å²) in [4.78, 5) is 10.6. The first kappa shape index (κ1) is 17.4. The van der Waals surface area contributed by atoms with Gasteiger partial charge in [0.1, 0.15) is 5.69 Å². The Morgan fingerprint density at radius 3 is 2.61 bits per heavy atom. The second-order valence-electron chi connectivity index (χ2n) is 5.36. The van der Waals surface area contributed by atoms with Gasteiger partial charge in [-0.05, 0) is 38.3 Å². The Balaban J connectivity index is 2.37. The summed E-state index contributed by atoms with van der Waals surface area (Å²) in [6.45, 7) is 4.62. The van der Waals surface area contributed by atoms with Crippen molar-refractivity contribution in [3.63, 3.8) is 0 Å². The lowest BCUT2D eigenvalue weighted by atomic mass is 10.3. The highest BCUT2D eigenvalue weighted by molar-refractivity contribution is 7.89. The lowest BCUT2D eigenvalue weighted by molar-refractivity contribution is -0.384. The summed E-state index contributed by atoms with van der Waals surface area (Å²) in [7, 11) is -3.68. The largest absolute Gasteiger partial charge is 0.295 e. The summed E-state index contributed by atoms with van der Waals surface area (Å²) in [5, 5.41) is 15.3. The number of hydrogen-bond donors (Lipinski definition) is 1. The van der Waals surface area contributed by atoms with Gasteiger partial charge in [0.05, 0.1) is 9.82 Å². The van der Waals surface area contributed by atoms with E-state index in [2.05, 4.69) is 10.5 Å². The van der Waals surface area contributed by atoms with Crippen molar-refractivity contribution in [3.8, 4) is 0 Å². The Hall–Kier alpha value is -2.00. The van der Waals surface area contributed by atoms with Crippen LogP contribution in [-0.2, 0) is 10.0 Å². The van der Waals surface area contributed by atoms with Crippen LogP contribution in [0.4, 0.5) is 11.4 Å². The molecule has 1 heterocycles. The Labute approximate surface area is 135 Å². The molecule has 126 valence electrons. The number of hydrogen-bond acceptors (Lipinski definition) is 6. The third-order valence-electron chi connectivity index (χ3n) is 3.75. The van der Waals surface area contributed by atoms with Crippen molar-refractivity contribution in [3.05, 3.63) is 28.3 Å². The Morgan fingerprint density at radius 1 is 1.39 bits per heavy atom. The summed E-state index contributed by atoms with van der Waals surface area (Å²) in [6, 6.07) is 3.85. The normalized spacial score (nSPS) is 16.5. The maximum absolute atomic E-state index is 12.5. The molecule has 1 saturated heterocycles. The zero-order valence-electron chi connectivity index (χ0n) is 13.2. The van der Waals surface area contributed by atoms with Gasteiger partial charge in [0.2, 0.25) is 10.0 Å². The molecule has 1 aromatic rings. The highest BCUT2D eigenvalue weighted by Crippen LogP contribution is 2.30. The molecule has 1 aromatic carbocycles. The molecule has 1 N–H and O–H groups in total. The fourth-order valence-corrected chi connectivity index (χ4v) is 3.77. The van der Waals surface area contributed by atoms with E-state index in [1.54, 1.807) is 6.92 Å². The van der Waals surface area contributed by atoms with Gasteiger partial charge in [-0.2, -0.15) is 9.41 Å². The van der Waals surface area contributed by atoms with Crippen LogP contribution in [0.2, 0.25) is 0 Å². The van der Waals surface area contributed by atoms with Crippen molar-refractivity contribution in [1.29, 1.82) is 0 Å². The van der Waals surface area contributed by atoms with Crippen molar-refractivity contribution in [2.45, 2.75) is 38.0 Å². The number of nitrogens with zero attached hydrogens (tertiary/aromatic N) is 3. The van der Waals surface area contributed by atoms with Crippen LogP contribution < -0.4 is 5.43 Å². The van der Waals surface area contributed by atoms with Gasteiger partial charge in [-0.15, -0.1) is 0 Å². The first-order chi connectivity index (χ1) is 10.9. The molecule has 0 aromatic heterocycles. The molecule has 1 fully saturated rings. The van der Waals surface area contributed by atoms with Gasteiger partial charge in [-0.25, -0.2) is 8.42 Å². The van der Waals surface area contributed by atoms with Gasteiger partial charge < -0.3 is 0 Å². The molecule has 23 heavy (non-hydrogen) atoms. The quantitative estimate of drug-likeness (QED) is 0.487. The molecule has 9 heteroatoms. The van der Waals surface area contributed by atoms with E-state index in [0.717, 1.165) is 24.6 Å². The van der Waals surface area contributed by atoms with Crippen LogP contribution in [0.1, 0.15) is 33.1 Å². The molecule has 0 amide bonds. The van der Waals surface area contributed by atoms with Gasteiger partial charge in [-0.1, -0.05) is 6.92 Å². The zero-order chi connectivity index (χ0) is 17.0. The van der Waals surface area contributed by atoms with Crippen molar-refractivity contribution in [1.82, 2.24) is 4.31 Å². The lowest BCUT2D eigenvalue weighted by Crippen LogP contribution is -2.27. The summed E-state index contributed by atoms with van der Waals surface area (Å²) >= 11 is 0. The molecule has 1 aliphatic rings. The van der Waals surface area contributed by atoms with Gasteiger partial charge >= 0.3 is 0 Å². The minimum Gasteiger partial charge on any atom is -0.272 e. The number of benzene rings is 1. The van der Waals surface area contributed by atoms with Crippen molar-refractivity contribution in [2.24, 2.45) is 5.10 Å². The SMILES string of the molecule is CC/C(C)=N\Nc1ccc(S(=O)(=O)N2CCCC2)cc1[N+](=O)[O-]. The first-order valence-corrected chi connectivity index (χ1v) is 8.88. The molecule has 0 unspecified atom stereocenters. The van der Waals surface area contributed by atoms with Crippen LogP contribution in [0.25, 0.3) is 0 Å². The molecular weight excluding hydrogens is 320 g/mol. The standard InChI is InChI=1S/C14H20N4O4S/c1-3-11(2)15-16-13-7-6-12(10-14(13)18(19)20)23(21,22)17-8-4-5-9-17/h6-7,10,16H,3-5,8-9H2,1-2H3/b15-11-. The summed E-state index contributed by atoms with van der Waals surface area (Å²) in [6.07, 6.45) is 2.33. The van der Waals surface area contributed by atoms with E-state index in [9.17, 15) is 18.5 Å². The molecule has 0 radical (unpaired) electrons. The summed E-state index contributed by atoms with van der Waals surface area (Å²) in [5.74, 6) is 0. The Bertz CT molecular complexity index is 724. The highest BCUT2D eigenvalue weighted by atomic mass is 32.2. The third-order valence-corrected chi connectivity index (χ3v) is 5.64. The number of sulfonamides is 1. The van der Waals surface area contributed by atoms with Crippen LogP contribution in [0.15, 0.2) is 28.2 Å². The van der Waals surface area contributed by atoms with Gasteiger partial charge in [0.15, 0.2) is 0 Å². The topological polar surface area (TPSA) is 105 Å². The molecule has 8 nitrogen and oxygen atoms in total. The number of nitro benzene ring substituents is 1. The minimum absolute atomic E-state index is 0.0622. The van der Waals surface area contributed by atoms with Crippen LogP contribution in [0.5, 0.6) is 0 Å². The van der Waals surface area contributed by atoms with Crippen molar-refractivity contribution >= 4 is 27.1 Å². The molecule has 0 bridgehead atoms.